The van der Waals surface area contributed by atoms with Crippen molar-refractivity contribution in [3.05, 3.63) is 30.1 Å². The molecule has 2 rings (SSSR count). The third-order valence-corrected chi connectivity index (χ3v) is 1.92. The monoisotopic (exact) mass is 190 g/mol. The van der Waals surface area contributed by atoms with E-state index in [0.717, 1.165) is 17.9 Å². The number of nitrogens with zero attached hydrogens (tertiary/aromatic N) is 4. The minimum Gasteiger partial charge on any atom is -0.508 e. The molecule has 5 nitrogen and oxygen atoms in total. The van der Waals surface area contributed by atoms with Gasteiger partial charge in [-0.15, -0.1) is 5.10 Å². The van der Waals surface area contributed by atoms with Crippen LogP contribution in [0.25, 0.3) is 5.69 Å². The summed E-state index contributed by atoms with van der Waals surface area (Å²) in [5.41, 5.74) is 0.770. The number of aromatic hydroxyl groups is 1. The zero-order chi connectivity index (χ0) is 9.97. The largest absolute Gasteiger partial charge is 0.508 e. The maximum absolute atomic E-state index is 9.29. The molecule has 5 heteroatoms. The number of tetrazole rings is 1. The molecule has 0 unspecified atom stereocenters. The summed E-state index contributed by atoms with van der Waals surface area (Å²) >= 11 is 0. The van der Waals surface area contributed by atoms with E-state index in [1.54, 1.807) is 22.9 Å². The second kappa shape index (κ2) is 3.45. The van der Waals surface area contributed by atoms with Gasteiger partial charge in [-0.3, -0.25) is 0 Å². The van der Waals surface area contributed by atoms with E-state index in [4.69, 9.17) is 0 Å². The highest BCUT2D eigenvalue weighted by Gasteiger charge is 2.05. The molecule has 0 aliphatic heterocycles. The van der Waals surface area contributed by atoms with Gasteiger partial charge in [0.05, 0.1) is 5.69 Å². The lowest BCUT2D eigenvalue weighted by Gasteiger charge is -2.02. The first-order chi connectivity index (χ1) is 6.81. The van der Waals surface area contributed by atoms with E-state index in [1.807, 2.05) is 13.0 Å². The lowest BCUT2D eigenvalue weighted by atomic mass is 10.3. The number of rotatable bonds is 2. The van der Waals surface area contributed by atoms with Crippen LogP contribution in [0.4, 0.5) is 0 Å². The number of aryl methyl sites for hydroxylation is 1. The molecule has 1 aromatic heterocycles. The fourth-order valence-corrected chi connectivity index (χ4v) is 1.25. The molecule has 2 aromatic rings. The number of benzene rings is 1. The van der Waals surface area contributed by atoms with Crippen molar-refractivity contribution in [3.8, 4) is 11.4 Å². The van der Waals surface area contributed by atoms with Crippen molar-refractivity contribution < 1.29 is 5.11 Å². The lowest BCUT2D eigenvalue weighted by molar-refractivity contribution is 0.474. The first-order valence-electron chi connectivity index (χ1n) is 4.38. The van der Waals surface area contributed by atoms with Gasteiger partial charge in [0.25, 0.3) is 0 Å². The lowest BCUT2D eigenvalue weighted by Crippen LogP contribution is -2.01. The molecule has 72 valence electrons. The molecule has 1 heterocycles. The van der Waals surface area contributed by atoms with Crippen LogP contribution in [-0.2, 0) is 6.42 Å². The number of phenols is 1. The van der Waals surface area contributed by atoms with Crippen LogP contribution in [-0.4, -0.2) is 25.3 Å². The molecule has 0 bridgehead atoms. The Kier molecular flexibility index (Phi) is 2.14. The van der Waals surface area contributed by atoms with Gasteiger partial charge >= 0.3 is 0 Å². The van der Waals surface area contributed by atoms with Gasteiger partial charge < -0.3 is 5.11 Å². The van der Waals surface area contributed by atoms with E-state index in [-0.39, 0.29) is 5.75 Å². The first-order valence-corrected chi connectivity index (χ1v) is 4.38. The summed E-state index contributed by atoms with van der Waals surface area (Å²) < 4.78 is 1.61. The van der Waals surface area contributed by atoms with Gasteiger partial charge in [-0.25, -0.2) is 0 Å². The summed E-state index contributed by atoms with van der Waals surface area (Å²) in [5, 5.41) is 20.6. The van der Waals surface area contributed by atoms with Crippen molar-refractivity contribution in [3.63, 3.8) is 0 Å². The van der Waals surface area contributed by atoms with Crippen molar-refractivity contribution >= 4 is 0 Å². The van der Waals surface area contributed by atoms with E-state index < -0.39 is 0 Å². The molecular weight excluding hydrogens is 180 g/mol. The minimum absolute atomic E-state index is 0.208. The average molecular weight is 190 g/mol. The van der Waals surface area contributed by atoms with Crippen molar-refractivity contribution in [1.82, 2.24) is 20.2 Å². The number of hydrogen-bond acceptors (Lipinski definition) is 4. The molecule has 0 aliphatic rings. The Bertz CT molecular complexity index is 438. The molecule has 0 spiro atoms. The molecule has 0 atom stereocenters. The Morgan fingerprint density at radius 3 is 3.00 bits per heavy atom. The van der Waals surface area contributed by atoms with E-state index in [9.17, 15) is 5.11 Å². The topological polar surface area (TPSA) is 63.8 Å². The van der Waals surface area contributed by atoms with E-state index in [0.29, 0.717) is 0 Å². The molecule has 1 N–H and O–H groups in total. The fraction of sp³-hybridized carbons (Fsp3) is 0.222. The van der Waals surface area contributed by atoms with Gasteiger partial charge in [0.1, 0.15) is 5.75 Å². The van der Waals surface area contributed by atoms with Crippen molar-refractivity contribution in [2.75, 3.05) is 0 Å². The summed E-state index contributed by atoms with van der Waals surface area (Å²) in [6.45, 7) is 1.98. The van der Waals surface area contributed by atoms with Gasteiger partial charge in [0.2, 0.25) is 0 Å². The number of aromatic nitrogens is 4. The van der Waals surface area contributed by atoms with Crippen LogP contribution in [0, 0.1) is 0 Å². The van der Waals surface area contributed by atoms with Crippen LogP contribution in [0.1, 0.15) is 12.7 Å². The molecule has 0 radical (unpaired) electrons. The summed E-state index contributed by atoms with van der Waals surface area (Å²) in [7, 11) is 0. The van der Waals surface area contributed by atoms with Crippen LogP contribution in [0.3, 0.4) is 0 Å². The number of hydrogen-bond donors (Lipinski definition) is 1. The third kappa shape index (κ3) is 1.44. The van der Waals surface area contributed by atoms with Gasteiger partial charge in [-0.1, -0.05) is 13.0 Å². The molecule has 0 amide bonds. The molecular formula is C9H10N4O. The SMILES string of the molecule is CCc1nnnn1-c1cccc(O)c1. The van der Waals surface area contributed by atoms with Crippen molar-refractivity contribution in [2.24, 2.45) is 0 Å². The van der Waals surface area contributed by atoms with E-state index >= 15 is 0 Å². The van der Waals surface area contributed by atoms with Crippen molar-refractivity contribution in [1.29, 1.82) is 0 Å². The fourth-order valence-electron chi connectivity index (χ4n) is 1.25. The standard InChI is InChI=1S/C9H10N4O/c1-2-9-10-11-12-13(9)7-4-3-5-8(14)6-7/h3-6,14H,2H2,1H3. The van der Waals surface area contributed by atoms with Crippen LogP contribution < -0.4 is 0 Å². The zero-order valence-corrected chi connectivity index (χ0v) is 7.75. The molecule has 0 aliphatic carbocycles. The summed E-state index contributed by atoms with van der Waals surface area (Å²) in [5.74, 6) is 0.982. The average Bonchev–Trinajstić information content (AvgIpc) is 2.65. The minimum atomic E-state index is 0.208. The Morgan fingerprint density at radius 1 is 1.43 bits per heavy atom. The predicted molar refractivity (Wildman–Crippen MR) is 50.2 cm³/mol. The summed E-state index contributed by atoms with van der Waals surface area (Å²) in [6.07, 6.45) is 0.753. The zero-order valence-electron chi connectivity index (χ0n) is 7.75. The Morgan fingerprint density at radius 2 is 2.29 bits per heavy atom. The summed E-state index contributed by atoms with van der Waals surface area (Å²) in [4.78, 5) is 0. The Labute approximate surface area is 81.0 Å². The quantitative estimate of drug-likeness (QED) is 0.765. The first kappa shape index (κ1) is 8.68. The number of phenolic OH excluding ortho intramolecular Hbond substituents is 1. The highest BCUT2D eigenvalue weighted by atomic mass is 16.3. The van der Waals surface area contributed by atoms with Crippen LogP contribution in [0.2, 0.25) is 0 Å². The van der Waals surface area contributed by atoms with E-state index in [1.165, 1.54) is 0 Å². The predicted octanol–water partition coefficient (Wildman–Crippen LogP) is 0.930. The summed E-state index contributed by atoms with van der Waals surface area (Å²) in [6, 6.07) is 6.83. The Hall–Kier alpha value is -1.91. The second-order valence-electron chi connectivity index (χ2n) is 2.88. The maximum Gasteiger partial charge on any atom is 0.156 e. The third-order valence-electron chi connectivity index (χ3n) is 1.92. The van der Waals surface area contributed by atoms with Gasteiger partial charge in [0.15, 0.2) is 5.82 Å². The molecule has 0 saturated heterocycles. The highest BCUT2D eigenvalue weighted by molar-refractivity contribution is 5.37. The highest BCUT2D eigenvalue weighted by Crippen LogP contribution is 2.14. The molecule has 0 saturated carbocycles. The normalized spacial score (nSPS) is 10.4. The molecule has 1 aromatic carbocycles. The smallest absolute Gasteiger partial charge is 0.156 e. The van der Waals surface area contributed by atoms with Crippen LogP contribution in [0.15, 0.2) is 24.3 Å². The van der Waals surface area contributed by atoms with Gasteiger partial charge in [0, 0.05) is 12.5 Å². The maximum atomic E-state index is 9.29. The Balaban J connectivity index is 2.49. The van der Waals surface area contributed by atoms with E-state index in [2.05, 4.69) is 15.5 Å². The van der Waals surface area contributed by atoms with Crippen molar-refractivity contribution in [2.45, 2.75) is 13.3 Å². The van der Waals surface area contributed by atoms with Gasteiger partial charge in [-0.2, -0.15) is 4.68 Å². The molecule has 0 fully saturated rings. The second-order valence-corrected chi connectivity index (χ2v) is 2.88. The van der Waals surface area contributed by atoms with Crippen LogP contribution in [0.5, 0.6) is 5.75 Å². The van der Waals surface area contributed by atoms with Crippen LogP contribution >= 0.6 is 0 Å². The van der Waals surface area contributed by atoms with Gasteiger partial charge in [-0.05, 0) is 22.6 Å². The molecule has 14 heavy (non-hydrogen) atoms.